The minimum Gasteiger partial charge on any atom is -0.405 e. The Morgan fingerprint density at radius 1 is 1.10 bits per heavy atom. The second-order valence-electron chi connectivity index (χ2n) is 12.1. The Morgan fingerprint density at radius 2 is 1.71 bits per heavy atom. The lowest BCUT2D eigenvalue weighted by Gasteiger charge is -2.43. The number of amides is 1. The van der Waals surface area contributed by atoms with Gasteiger partial charge in [0.15, 0.2) is 6.23 Å². The second-order valence-corrected chi connectivity index (χ2v) is 16.4. The van der Waals surface area contributed by atoms with E-state index in [2.05, 4.69) is 60.3 Å². The number of nitrogens with two attached hydrogens (primary N) is 1. The Hall–Kier alpha value is -3.87. The van der Waals surface area contributed by atoms with Gasteiger partial charge in [-0.2, -0.15) is 0 Å². The van der Waals surface area contributed by atoms with E-state index in [1.165, 1.54) is 19.3 Å². The van der Waals surface area contributed by atoms with Gasteiger partial charge in [0.2, 0.25) is 0 Å². The third-order valence-corrected chi connectivity index (χ3v) is 13.3. The molecule has 0 bridgehead atoms. The third-order valence-electron chi connectivity index (χ3n) is 8.34. The highest BCUT2D eigenvalue weighted by atomic mass is 28.4. The topological polar surface area (TPSA) is 145 Å². The summed E-state index contributed by atoms with van der Waals surface area (Å²) in [7, 11) is -2.92. The SMILES string of the molecule is CC1(O)C(O)C(CO[Si](c2ccccc2)(c2ccccc2)C(C)(C)C)OC1n1cc2c3c(ncnc31)NC(=O)C=C2N. The van der Waals surface area contributed by atoms with E-state index < -0.39 is 38.3 Å². The van der Waals surface area contributed by atoms with Gasteiger partial charge in [0.25, 0.3) is 14.2 Å². The van der Waals surface area contributed by atoms with Gasteiger partial charge in [0, 0.05) is 23.5 Å². The second kappa shape index (κ2) is 10.1. The van der Waals surface area contributed by atoms with Crippen LogP contribution in [-0.2, 0) is 14.0 Å². The van der Waals surface area contributed by atoms with Crippen molar-refractivity contribution in [3.8, 4) is 0 Å². The number of carbonyl (C=O) groups is 1. The molecule has 4 heterocycles. The van der Waals surface area contributed by atoms with Crippen molar-refractivity contribution in [1.29, 1.82) is 0 Å². The fraction of sp³-hybridized carbons (Fsp3) is 0.323. The molecule has 0 radical (unpaired) electrons. The van der Waals surface area contributed by atoms with Gasteiger partial charge in [0.1, 0.15) is 35.6 Å². The van der Waals surface area contributed by atoms with E-state index in [-0.39, 0.29) is 17.3 Å². The Labute approximate surface area is 244 Å². The highest BCUT2D eigenvalue weighted by Gasteiger charge is 2.56. The predicted molar refractivity (Wildman–Crippen MR) is 162 cm³/mol. The molecule has 2 aliphatic heterocycles. The van der Waals surface area contributed by atoms with Crippen LogP contribution in [0.3, 0.4) is 0 Å². The van der Waals surface area contributed by atoms with Gasteiger partial charge >= 0.3 is 0 Å². The Balaban J connectivity index is 1.38. The Morgan fingerprint density at radius 3 is 2.31 bits per heavy atom. The van der Waals surface area contributed by atoms with Crippen LogP contribution < -0.4 is 21.4 Å². The molecule has 1 fully saturated rings. The van der Waals surface area contributed by atoms with Crippen LogP contribution in [0.1, 0.15) is 39.5 Å². The molecule has 4 atom stereocenters. The number of aliphatic hydroxyl groups excluding tert-OH is 1. The molecule has 2 aliphatic rings. The van der Waals surface area contributed by atoms with Crippen LogP contribution in [0.15, 0.2) is 79.3 Å². The summed E-state index contributed by atoms with van der Waals surface area (Å²) in [6.45, 7) is 8.11. The molecule has 11 heteroatoms. The van der Waals surface area contributed by atoms with Crippen LogP contribution >= 0.6 is 0 Å². The first-order chi connectivity index (χ1) is 19.9. The van der Waals surface area contributed by atoms with Crippen molar-refractivity contribution >= 4 is 47.1 Å². The van der Waals surface area contributed by atoms with Crippen molar-refractivity contribution in [2.75, 3.05) is 11.9 Å². The van der Waals surface area contributed by atoms with Gasteiger partial charge in [-0.3, -0.25) is 4.79 Å². The molecule has 0 spiro atoms. The smallest absolute Gasteiger partial charge is 0.261 e. The number of nitrogens with one attached hydrogen (secondary N) is 1. The van der Waals surface area contributed by atoms with Gasteiger partial charge < -0.3 is 35.0 Å². The number of carbonyl (C=O) groups excluding carboxylic acids is 1. The molecule has 42 heavy (non-hydrogen) atoms. The lowest BCUT2D eigenvalue weighted by molar-refractivity contribution is -0.111. The maximum atomic E-state index is 12.2. The van der Waals surface area contributed by atoms with E-state index in [1.54, 1.807) is 10.8 Å². The number of nitrogens with zero attached hydrogens (tertiary/aromatic N) is 3. The van der Waals surface area contributed by atoms with Crippen LogP contribution in [0.25, 0.3) is 16.7 Å². The van der Waals surface area contributed by atoms with E-state index in [1.807, 2.05) is 36.4 Å². The molecule has 4 aromatic rings. The third kappa shape index (κ3) is 4.36. The number of aliphatic hydroxyl groups is 2. The van der Waals surface area contributed by atoms with Crippen LogP contribution in [0, 0.1) is 0 Å². The van der Waals surface area contributed by atoms with Crippen LogP contribution in [0.2, 0.25) is 5.04 Å². The van der Waals surface area contributed by atoms with E-state index in [0.29, 0.717) is 22.4 Å². The first kappa shape index (κ1) is 28.3. The van der Waals surface area contributed by atoms with Gasteiger partial charge in [-0.1, -0.05) is 81.4 Å². The van der Waals surface area contributed by atoms with Crippen molar-refractivity contribution < 1.29 is 24.2 Å². The molecule has 0 saturated carbocycles. The van der Waals surface area contributed by atoms with Crippen molar-refractivity contribution in [2.45, 2.75) is 56.8 Å². The molecular weight excluding hydrogens is 550 g/mol. The molecule has 2 aromatic carbocycles. The molecule has 1 saturated heterocycles. The van der Waals surface area contributed by atoms with Crippen LogP contribution in [0.5, 0.6) is 0 Å². The van der Waals surface area contributed by atoms with E-state index in [4.69, 9.17) is 14.9 Å². The molecule has 1 amide bonds. The van der Waals surface area contributed by atoms with E-state index in [0.717, 1.165) is 10.4 Å². The number of hydrogen-bond acceptors (Lipinski definition) is 8. The van der Waals surface area contributed by atoms with Gasteiger partial charge in [-0.05, 0) is 22.3 Å². The minimum absolute atomic E-state index is 0.0471. The summed E-state index contributed by atoms with van der Waals surface area (Å²) < 4.78 is 15.1. The zero-order chi connectivity index (χ0) is 29.9. The lowest BCUT2D eigenvalue weighted by atomic mass is 9.96. The summed E-state index contributed by atoms with van der Waals surface area (Å²) in [6, 6.07) is 20.4. The van der Waals surface area contributed by atoms with Crippen molar-refractivity contribution in [3.05, 3.63) is 84.8 Å². The van der Waals surface area contributed by atoms with Gasteiger partial charge in [-0.15, -0.1) is 0 Å². The van der Waals surface area contributed by atoms with Crippen molar-refractivity contribution in [2.24, 2.45) is 5.73 Å². The van der Waals surface area contributed by atoms with Crippen LogP contribution in [-0.4, -0.2) is 63.4 Å². The average Bonchev–Trinajstić information content (AvgIpc) is 3.40. The molecule has 218 valence electrons. The van der Waals surface area contributed by atoms with E-state index in [9.17, 15) is 15.0 Å². The van der Waals surface area contributed by atoms with Crippen molar-refractivity contribution in [1.82, 2.24) is 14.5 Å². The Kier molecular flexibility index (Phi) is 6.82. The first-order valence-electron chi connectivity index (χ1n) is 13.9. The summed E-state index contributed by atoms with van der Waals surface area (Å²) in [4.78, 5) is 20.9. The molecule has 0 aliphatic carbocycles. The standard InChI is InChI=1S/C31H35N5O5Si/c1-30(2,3)42(19-11-7-5-8-12-19,20-13-9-6-10-14-20)40-17-23-26(38)31(4,39)29(41-23)36-16-21-22(32)15-24(37)35-27-25(21)28(36)34-18-33-27/h5-16,18,23,26,29,38-39H,17,32H2,1-4H3,(H,33,34,35,37). The monoisotopic (exact) mass is 585 g/mol. The zero-order valence-electron chi connectivity index (χ0n) is 24.0. The summed E-state index contributed by atoms with van der Waals surface area (Å²) in [5, 5.41) is 28.3. The Bertz CT molecular complexity index is 1630. The maximum Gasteiger partial charge on any atom is 0.261 e. The average molecular weight is 586 g/mol. The number of benzene rings is 2. The summed E-state index contributed by atoms with van der Waals surface area (Å²) in [6.07, 6.45) is 1.12. The lowest BCUT2D eigenvalue weighted by Crippen LogP contribution is -2.67. The quantitative estimate of drug-likeness (QED) is 0.252. The van der Waals surface area contributed by atoms with Gasteiger partial charge in [-0.25, -0.2) is 9.97 Å². The first-order valence-corrected chi connectivity index (χ1v) is 15.8. The summed E-state index contributed by atoms with van der Waals surface area (Å²) >= 11 is 0. The molecule has 5 N–H and O–H groups in total. The fourth-order valence-corrected chi connectivity index (χ4v) is 10.9. The number of aromatic nitrogens is 3. The number of rotatable bonds is 6. The highest BCUT2D eigenvalue weighted by Crippen LogP contribution is 2.43. The fourth-order valence-electron chi connectivity index (χ4n) is 6.30. The molecule has 6 rings (SSSR count). The number of anilines is 1. The predicted octanol–water partition coefficient (Wildman–Crippen LogP) is 2.27. The molecular formula is C31H35N5O5Si. The summed E-state index contributed by atoms with van der Waals surface area (Å²) in [5.41, 5.74) is 5.69. The van der Waals surface area contributed by atoms with Crippen LogP contribution in [0.4, 0.5) is 5.82 Å². The van der Waals surface area contributed by atoms with Crippen molar-refractivity contribution in [3.63, 3.8) is 0 Å². The molecule has 2 aromatic heterocycles. The maximum absolute atomic E-state index is 12.2. The highest BCUT2D eigenvalue weighted by molar-refractivity contribution is 6.99. The van der Waals surface area contributed by atoms with Gasteiger partial charge in [0.05, 0.1) is 12.0 Å². The van der Waals surface area contributed by atoms with E-state index >= 15 is 0 Å². The minimum atomic E-state index is -2.92. The number of hydrogen-bond donors (Lipinski definition) is 4. The molecule has 4 unspecified atom stereocenters. The molecule has 10 nitrogen and oxygen atoms in total. The normalized spacial score (nSPS) is 24.4. The zero-order valence-corrected chi connectivity index (χ0v) is 25.0. The number of ether oxygens (including phenoxy) is 1. The largest absolute Gasteiger partial charge is 0.405 e. The summed E-state index contributed by atoms with van der Waals surface area (Å²) in [5.74, 6) is -0.0875.